The second-order valence-corrected chi connectivity index (χ2v) is 16.3. The molecular formula is C34H42N2O9S2. The summed E-state index contributed by atoms with van der Waals surface area (Å²) in [4.78, 5) is 12.1. The van der Waals surface area contributed by atoms with Crippen LogP contribution in [0, 0.1) is 6.92 Å². The molecule has 5 rings (SSSR count). The van der Waals surface area contributed by atoms with Gasteiger partial charge in [-0.25, -0.2) is 16.8 Å². The van der Waals surface area contributed by atoms with Crippen molar-refractivity contribution in [2.24, 2.45) is 0 Å². The number of carbonyl (C=O) groups is 1. The first kappa shape index (κ1) is 34.8. The van der Waals surface area contributed by atoms with Gasteiger partial charge in [0.2, 0.25) is 14.8 Å². The Bertz CT molecular complexity index is 1780. The van der Waals surface area contributed by atoms with Gasteiger partial charge in [-0.15, -0.1) is 0 Å². The number of amides is 1. The van der Waals surface area contributed by atoms with Crippen molar-refractivity contribution >= 4 is 31.3 Å². The van der Waals surface area contributed by atoms with E-state index in [2.05, 4.69) is 5.32 Å². The molecule has 2 aliphatic rings. The van der Waals surface area contributed by atoms with E-state index in [1.165, 1.54) is 29.2 Å². The number of hydrogen-bond donors (Lipinski definition) is 1. The van der Waals surface area contributed by atoms with Crippen molar-refractivity contribution < 1.29 is 40.6 Å². The highest BCUT2D eigenvalue weighted by molar-refractivity contribution is 7.95. The standard InChI is InChI=1S/C34H42N2O9S2/c1-24-6-13-28(14-7-24)47(40,41)34(23-46(4,38)39,45-32-21-35-17-16-29(32)25-8-11-27(43-3)12-9-25)26-10-15-31-30(20-26)36(18-5-19-42-2)33(37)22-44-31/h6-15,20,29,32,35H,5,16-19,21-23H2,1-4H3/t29-,32+,34?/m1/s1. The predicted octanol–water partition coefficient (Wildman–Crippen LogP) is 3.60. The number of rotatable bonds is 13. The molecule has 0 aliphatic carbocycles. The van der Waals surface area contributed by atoms with Crippen molar-refractivity contribution in [2.45, 2.75) is 41.6 Å². The number of piperidine rings is 1. The highest BCUT2D eigenvalue weighted by Gasteiger charge is 2.53. The molecule has 1 fully saturated rings. The zero-order chi connectivity index (χ0) is 33.8. The largest absolute Gasteiger partial charge is 0.497 e. The van der Waals surface area contributed by atoms with Gasteiger partial charge in [0.05, 0.1) is 29.5 Å². The van der Waals surface area contributed by atoms with Crippen LogP contribution in [0.2, 0.25) is 0 Å². The summed E-state index contributed by atoms with van der Waals surface area (Å²) in [7, 11) is -5.43. The Labute approximate surface area is 277 Å². The molecule has 0 radical (unpaired) electrons. The molecule has 47 heavy (non-hydrogen) atoms. The van der Waals surface area contributed by atoms with Gasteiger partial charge in [0.15, 0.2) is 16.4 Å². The first-order chi connectivity index (χ1) is 22.4. The van der Waals surface area contributed by atoms with E-state index < -0.39 is 36.5 Å². The summed E-state index contributed by atoms with van der Waals surface area (Å²) in [5.41, 5.74) is 2.16. The van der Waals surface area contributed by atoms with Gasteiger partial charge < -0.3 is 29.2 Å². The Morgan fingerprint density at radius 1 is 1.00 bits per heavy atom. The maximum absolute atomic E-state index is 15.0. The molecule has 1 unspecified atom stereocenters. The van der Waals surface area contributed by atoms with Crippen molar-refractivity contribution in [3.63, 3.8) is 0 Å². The number of ether oxygens (including phenoxy) is 4. The molecule has 3 aromatic carbocycles. The van der Waals surface area contributed by atoms with Crippen LogP contribution < -0.4 is 19.7 Å². The SMILES string of the molecule is COCCCN1C(=O)COc2ccc(C(CS(C)(=O)=O)(O[C@H]3CNCC[C@@H]3c3ccc(OC)cc3)S(=O)(=O)c3ccc(C)cc3)cc21. The molecule has 254 valence electrons. The smallest absolute Gasteiger partial charge is 0.265 e. The summed E-state index contributed by atoms with van der Waals surface area (Å²) in [6.07, 6.45) is 1.40. The van der Waals surface area contributed by atoms with E-state index in [0.29, 0.717) is 49.7 Å². The quantitative estimate of drug-likeness (QED) is 0.266. The third-order valence-corrected chi connectivity index (χ3v) is 12.0. The minimum absolute atomic E-state index is 0.0799. The molecule has 1 amide bonds. The first-order valence-electron chi connectivity index (χ1n) is 15.5. The Kier molecular flexibility index (Phi) is 10.6. The van der Waals surface area contributed by atoms with E-state index in [4.69, 9.17) is 18.9 Å². The fourth-order valence-corrected chi connectivity index (χ4v) is 9.97. The molecule has 3 aromatic rings. The highest BCUT2D eigenvalue weighted by atomic mass is 32.2. The van der Waals surface area contributed by atoms with Crippen LogP contribution in [0.15, 0.2) is 71.6 Å². The fourth-order valence-electron chi connectivity index (χ4n) is 6.22. The normalized spacial score (nSPS) is 19.8. The van der Waals surface area contributed by atoms with Crippen molar-refractivity contribution in [3.05, 3.63) is 83.4 Å². The Balaban J connectivity index is 1.72. The Hall–Kier alpha value is -3.49. The van der Waals surface area contributed by atoms with E-state index in [1.807, 2.05) is 31.2 Å². The van der Waals surface area contributed by atoms with Crippen molar-refractivity contribution in [1.82, 2.24) is 5.32 Å². The van der Waals surface area contributed by atoms with Gasteiger partial charge in [0, 0.05) is 44.5 Å². The van der Waals surface area contributed by atoms with Crippen molar-refractivity contribution in [2.75, 3.05) is 64.0 Å². The monoisotopic (exact) mass is 686 g/mol. The van der Waals surface area contributed by atoms with Crippen molar-refractivity contribution in [3.8, 4) is 11.5 Å². The second-order valence-electron chi connectivity index (χ2n) is 12.0. The average molecular weight is 687 g/mol. The fraction of sp³-hybridized carbons (Fsp3) is 0.441. The maximum atomic E-state index is 15.0. The number of sulfone groups is 2. The number of hydrogen-bond acceptors (Lipinski definition) is 10. The first-order valence-corrected chi connectivity index (χ1v) is 19.0. The number of carbonyl (C=O) groups excluding carboxylic acids is 1. The summed E-state index contributed by atoms with van der Waals surface area (Å²) in [5, 5.41) is 3.31. The Morgan fingerprint density at radius 3 is 2.38 bits per heavy atom. The lowest BCUT2D eigenvalue weighted by atomic mass is 9.87. The van der Waals surface area contributed by atoms with E-state index in [1.54, 1.807) is 32.4 Å². The number of methoxy groups -OCH3 is 2. The lowest BCUT2D eigenvalue weighted by Crippen LogP contribution is -2.52. The summed E-state index contributed by atoms with van der Waals surface area (Å²) in [6.45, 7) is 3.30. The molecule has 2 heterocycles. The van der Waals surface area contributed by atoms with Gasteiger partial charge in [0.25, 0.3) is 5.91 Å². The van der Waals surface area contributed by atoms with Gasteiger partial charge in [0.1, 0.15) is 11.5 Å². The number of nitrogens with one attached hydrogen (secondary N) is 1. The van der Waals surface area contributed by atoms with Gasteiger partial charge in [-0.3, -0.25) is 4.79 Å². The average Bonchev–Trinajstić information content (AvgIpc) is 3.05. The van der Waals surface area contributed by atoms with Crippen LogP contribution in [0.5, 0.6) is 11.5 Å². The summed E-state index contributed by atoms with van der Waals surface area (Å²) in [6, 6.07) is 18.4. The molecular weight excluding hydrogens is 645 g/mol. The zero-order valence-corrected chi connectivity index (χ0v) is 28.7. The predicted molar refractivity (Wildman–Crippen MR) is 179 cm³/mol. The van der Waals surface area contributed by atoms with Crippen LogP contribution in [-0.2, 0) is 38.9 Å². The molecule has 1 saturated heterocycles. The maximum Gasteiger partial charge on any atom is 0.265 e. The van der Waals surface area contributed by atoms with Crippen LogP contribution in [0.25, 0.3) is 0 Å². The van der Waals surface area contributed by atoms with E-state index in [9.17, 15) is 13.2 Å². The van der Waals surface area contributed by atoms with Crippen LogP contribution in [0.4, 0.5) is 5.69 Å². The van der Waals surface area contributed by atoms with E-state index in [-0.39, 0.29) is 35.4 Å². The number of benzene rings is 3. The number of aryl methyl sites for hydroxylation is 1. The number of anilines is 1. The van der Waals surface area contributed by atoms with Crippen LogP contribution in [0.1, 0.15) is 35.4 Å². The van der Waals surface area contributed by atoms with Gasteiger partial charge in [-0.2, -0.15) is 0 Å². The number of fused-ring (bicyclic) bond motifs is 1. The van der Waals surface area contributed by atoms with Crippen molar-refractivity contribution in [1.29, 1.82) is 0 Å². The molecule has 11 nitrogen and oxygen atoms in total. The lowest BCUT2D eigenvalue weighted by molar-refractivity contribution is -0.121. The molecule has 13 heteroatoms. The molecule has 0 spiro atoms. The topological polar surface area (TPSA) is 138 Å². The highest BCUT2D eigenvalue weighted by Crippen LogP contribution is 2.45. The van der Waals surface area contributed by atoms with E-state index >= 15 is 8.42 Å². The van der Waals surface area contributed by atoms with Gasteiger partial charge in [-0.1, -0.05) is 35.9 Å². The number of nitrogens with zero attached hydrogens (tertiary/aromatic N) is 1. The van der Waals surface area contributed by atoms with Gasteiger partial charge in [-0.05, 0) is 68.3 Å². The third-order valence-electron chi connectivity index (χ3n) is 8.60. The van der Waals surface area contributed by atoms with Gasteiger partial charge >= 0.3 is 0 Å². The van der Waals surface area contributed by atoms with Crippen LogP contribution in [0.3, 0.4) is 0 Å². The molecule has 0 bridgehead atoms. The third kappa shape index (κ3) is 7.49. The minimum Gasteiger partial charge on any atom is -0.497 e. The van der Waals surface area contributed by atoms with Crippen LogP contribution >= 0.6 is 0 Å². The zero-order valence-electron chi connectivity index (χ0n) is 27.1. The lowest BCUT2D eigenvalue weighted by Gasteiger charge is -2.42. The molecule has 2 aliphatic heterocycles. The minimum atomic E-state index is -4.57. The summed E-state index contributed by atoms with van der Waals surface area (Å²) >= 11 is 0. The molecule has 0 aromatic heterocycles. The summed E-state index contributed by atoms with van der Waals surface area (Å²) in [5.74, 6) is -0.379. The molecule has 3 atom stereocenters. The molecule has 1 N–H and O–H groups in total. The van der Waals surface area contributed by atoms with E-state index in [0.717, 1.165) is 17.4 Å². The molecule has 0 saturated carbocycles. The van der Waals surface area contributed by atoms with Crippen LogP contribution in [-0.4, -0.2) is 87.9 Å². The second kappa shape index (κ2) is 14.3. The Morgan fingerprint density at radius 2 is 1.72 bits per heavy atom. The summed E-state index contributed by atoms with van der Waals surface area (Å²) < 4.78 is 79.7.